The molecule has 1 aliphatic heterocycles. The first-order valence-corrected chi connectivity index (χ1v) is 17.5. The molecule has 2 aliphatic carbocycles. The van der Waals surface area contributed by atoms with Crippen LogP contribution in [0.25, 0.3) is 11.3 Å². The zero-order valence-corrected chi connectivity index (χ0v) is 28.7. The predicted molar refractivity (Wildman–Crippen MR) is 194 cm³/mol. The van der Waals surface area contributed by atoms with Crippen LogP contribution in [0.15, 0.2) is 107 Å². The number of anilines is 1. The zero-order valence-electron chi connectivity index (χ0n) is 28.7. The molecule has 53 heavy (non-hydrogen) atoms. The Hall–Kier alpha value is -5.65. The average Bonchev–Trinajstić information content (AvgIpc) is 3.16. The van der Waals surface area contributed by atoms with E-state index in [1.54, 1.807) is 24.4 Å². The van der Waals surface area contributed by atoms with Gasteiger partial charge in [0.15, 0.2) is 0 Å². The lowest BCUT2D eigenvalue weighted by Crippen LogP contribution is -2.39. The molecule has 2 N–H and O–H groups in total. The predicted octanol–water partition coefficient (Wildman–Crippen LogP) is 8.45. The second-order valence-corrected chi connectivity index (χ2v) is 13.6. The minimum absolute atomic E-state index is 0.0450. The van der Waals surface area contributed by atoms with Crippen LogP contribution in [0.5, 0.6) is 5.75 Å². The van der Waals surface area contributed by atoms with Gasteiger partial charge in [0, 0.05) is 41.1 Å². The summed E-state index contributed by atoms with van der Waals surface area (Å²) in [5, 5.41) is 5.53. The van der Waals surface area contributed by atoms with Gasteiger partial charge in [-0.2, -0.15) is 13.2 Å². The molecule has 0 saturated carbocycles. The number of aliphatic imine (C=N–C) groups is 2. The van der Waals surface area contributed by atoms with Crippen LogP contribution in [0.2, 0.25) is 0 Å². The van der Waals surface area contributed by atoms with E-state index in [-0.39, 0.29) is 42.2 Å². The van der Waals surface area contributed by atoms with Crippen molar-refractivity contribution in [3.63, 3.8) is 0 Å². The largest absolute Gasteiger partial charge is 0.489 e. The van der Waals surface area contributed by atoms with Crippen LogP contribution in [-0.4, -0.2) is 53.6 Å². The van der Waals surface area contributed by atoms with Gasteiger partial charge in [-0.05, 0) is 59.7 Å². The van der Waals surface area contributed by atoms with Crippen molar-refractivity contribution in [2.24, 2.45) is 15.9 Å². The van der Waals surface area contributed by atoms with Crippen molar-refractivity contribution in [3.8, 4) is 17.0 Å². The third-order valence-electron chi connectivity index (χ3n) is 10.0. The molecule has 270 valence electrons. The van der Waals surface area contributed by atoms with Crippen molar-refractivity contribution in [2.45, 2.75) is 43.9 Å². The molecule has 0 saturated heterocycles. The SMILES string of the molecule is CC(CNc1ncc2c(n1)-c1ccccc1C(c1ccccc1F)C2)Oc1ccc(C2CC3CN=C(NCC(F)(F)F)N=C3c3ccccc32)c(F)c1. The van der Waals surface area contributed by atoms with E-state index in [2.05, 4.69) is 25.6 Å². The first-order valence-electron chi connectivity index (χ1n) is 17.5. The maximum atomic E-state index is 15.9. The van der Waals surface area contributed by atoms with Gasteiger partial charge in [0.05, 0.1) is 24.5 Å². The third kappa shape index (κ3) is 7.10. The highest BCUT2D eigenvalue weighted by Gasteiger charge is 2.36. The second kappa shape index (κ2) is 14.1. The van der Waals surface area contributed by atoms with Gasteiger partial charge in [-0.15, -0.1) is 0 Å². The molecule has 5 aromatic rings. The number of rotatable bonds is 8. The lowest BCUT2D eigenvalue weighted by molar-refractivity contribution is -0.122. The Bertz CT molecular complexity index is 2240. The number of nitrogens with zero attached hydrogens (tertiary/aromatic N) is 4. The van der Waals surface area contributed by atoms with Crippen LogP contribution in [0, 0.1) is 17.6 Å². The first kappa shape index (κ1) is 34.4. The summed E-state index contributed by atoms with van der Waals surface area (Å²) < 4.78 is 75.2. The fourth-order valence-electron chi connectivity index (χ4n) is 7.63. The van der Waals surface area contributed by atoms with Crippen LogP contribution >= 0.6 is 0 Å². The van der Waals surface area contributed by atoms with Gasteiger partial charge in [0.1, 0.15) is 30.0 Å². The molecule has 0 spiro atoms. The number of fused-ring (bicyclic) bond motifs is 6. The summed E-state index contributed by atoms with van der Waals surface area (Å²) >= 11 is 0. The van der Waals surface area contributed by atoms with Gasteiger partial charge in [-0.1, -0.05) is 72.8 Å². The van der Waals surface area contributed by atoms with Crippen molar-refractivity contribution < 1.29 is 26.7 Å². The standard InChI is InChI=1S/C41H35F5N6O/c1-23(19-47-39-48-20-24-16-33(29-10-6-7-13-35(29)42)27-8-2-4-11-31(27)37(24)51-39)53-26-14-15-30(36(43)18-26)34-17-25-21-49-40(50-22-41(44,45)46)52-38(25)32-12-5-3-9-28(32)34/h2-15,18,20,23,25,33-34H,16-17,19,21-22H2,1H3,(H,49,50)(H,47,48,51). The van der Waals surface area contributed by atoms with Gasteiger partial charge in [0.25, 0.3) is 0 Å². The Morgan fingerprint density at radius 1 is 0.811 bits per heavy atom. The van der Waals surface area contributed by atoms with Gasteiger partial charge < -0.3 is 15.4 Å². The minimum Gasteiger partial charge on any atom is -0.489 e. The Morgan fingerprint density at radius 2 is 1.51 bits per heavy atom. The fraction of sp³-hybridized carbons (Fsp3) is 0.268. The lowest BCUT2D eigenvalue weighted by atomic mass is 9.72. The normalized spacial score (nSPS) is 19.4. The zero-order chi connectivity index (χ0) is 36.7. The van der Waals surface area contributed by atoms with Crippen molar-refractivity contribution in [1.29, 1.82) is 0 Å². The van der Waals surface area contributed by atoms with Crippen LogP contribution in [0.4, 0.5) is 27.9 Å². The van der Waals surface area contributed by atoms with Crippen LogP contribution in [0.3, 0.4) is 0 Å². The molecule has 8 rings (SSSR count). The molecule has 4 unspecified atom stereocenters. The Kier molecular flexibility index (Phi) is 9.13. The smallest absolute Gasteiger partial charge is 0.405 e. The fourth-order valence-corrected chi connectivity index (χ4v) is 7.63. The number of guanidine groups is 1. The maximum Gasteiger partial charge on any atom is 0.405 e. The number of alkyl halides is 3. The summed E-state index contributed by atoms with van der Waals surface area (Å²) in [7, 11) is 0. The van der Waals surface area contributed by atoms with Crippen molar-refractivity contribution in [2.75, 3.05) is 25.0 Å². The van der Waals surface area contributed by atoms with E-state index >= 15 is 4.39 Å². The third-order valence-corrected chi connectivity index (χ3v) is 10.0. The van der Waals surface area contributed by atoms with Gasteiger partial charge in [0.2, 0.25) is 11.9 Å². The number of halogens is 5. The van der Waals surface area contributed by atoms with E-state index < -0.39 is 18.5 Å². The number of hydrogen-bond acceptors (Lipinski definition) is 7. The van der Waals surface area contributed by atoms with Gasteiger partial charge in [-0.25, -0.2) is 23.7 Å². The Morgan fingerprint density at radius 3 is 2.26 bits per heavy atom. The molecule has 0 bridgehead atoms. The molecule has 12 heteroatoms. The van der Waals surface area contributed by atoms with E-state index in [9.17, 15) is 17.6 Å². The lowest BCUT2D eigenvalue weighted by Gasteiger charge is -2.34. The highest BCUT2D eigenvalue weighted by atomic mass is 19.4. The minimum atomic E-state index is -4.39. The molecule has 0 radical (unpaired) electrons. The Labute approximate surface area is 303 Å². The summed E-state index contributed by atoms with van der Waals surface area (Å²) in [5.74, 6) is -0.509. The maximum absolute atomic E-state index is 15.9. The molecule has 1 aromatic heterocycles. The molecule has 0 fully saturated rings. The highest BCUT2D eigenvalue weighted by molar-refractivity contribution is 6.11. The summed E-state index contributed by atoms with van der Waals surface area (Å²) in [6.45, 7) is 1.25. The van der Waals surface area contributed by atoms with E-state index in [0.717, 1.165) is 33.5 Å². The molecule has 3 aliphatic rings. The quantitative estimate of drug-likeness (QED) is 0.157. The van der Waals surface area contributed by atoms with E-state index in [4.69, 9.17) is 9.72 Å². The van der Waals surface area contributed by atoms with E-state index in [0.29, 0.717) is 47.9 Å². The molecule has 4 atom stereocenters. The number of ether oxygens (including phenoxy) is 1. The number of benzene rings is 4. The summed E-state index contributed by atoms with van der Waals surface area (Å²) in [6.07, 6.45) is -1.88. The second-order valence-electron chi connectivity index (χ2n) is 13.6. The van der Waals surface area contributed by atoms with Gasteiger partial charge >= 0.3 is 6.18 Å². The van der Waals surface area contributed by atoms with Gasteiger partial charge in [-0.3, -0.25) is 4.99 Å². The van der Waals surface area contributed by atoms with E-state index in [1.807, 2.05) is 67.6 Å². The summed E-state index contributed by atoms with van der Waals surface area (Å²) in [6, 6.07) is 27.1. The molecule has 7 nitrogen and oxygen atoms in total. The average molecular weight is 723 g/mol. The van der Waals surface area contributed by atoms with Crippen molar-refractivity contribution >= 4 is 17.6 Å². The highest BCUT2D eigenvalue weighted by Crippen LogP contribution is 2.44. The van der Waals surface area contributed by atoms with E-state index in [1.165, 1.54) is 12.1 Å². The monoisotopic (exact) mass is 722 g/mol. The summed E-state index contributed by atoms with van der Waals surface area (Å²) in [5.41, 5.74) is 7.15. The Balaban J connectivity index is 0.941. The number of hydrogen-bond donors (Lipinski definition) is 2. The topological polar surface area (TPSA) is 83.8 Å². The number of nitrogens with one attached hydrogen (secondary N) is 2. The first-order chi connectivity index (χ1) is 25.6. The molecular weight excluding hydrogens is 687 g/mol. The molecule has 4 aromatic carbocycles. The molecular formula is C41H35F5N6O. The van der Waals surface area contributed by atoms with Crippen LogP contribution in [0.1, 0.15) is 58.6 Å². The molecule has 0 amide bonds. The van der Waals surface area contributed by atoms with Crippen LogP contribution < -0.4 is 15.4 Å². The van der Waals surface area contributed by atoms with Crippen molar-refractivity contribution in [1.82, 2.24) is 15.3 Å². The summed E-state index contributed by atoms with van der Waals surface area (Å²) in [4.78, 5) is 18.1. The van der Waals surface area contributed by atoms with Crippen LogP contribution in [-0.2, 0) is 6.42 Å². The number of aromatic nitrogens is 2. The molecule has 2 heterocycles. The van der Waals surface area contributed by atoms with Crippen molar-refractivity contribution in [3.05, 3.63) is 142 Å².